The summed E-state index contributed by atoms with van der Waals surface area (Å²) in [6.07, 6.45) is 3.12. The van der Waals surface area contributed by atoms with Crippen molar-refractivity contribution in [2.24, 2.45) is 5.16 Å². The summed E-state index contributed by atoms with van der Waals surface area (Å²) in [6.45, 7) is 0.0140. The Bertz CT molecular complexity index is 989. The van der Waals surface area contributed by atoms with Gasteiger partial charge < -0.3 is 15.3 Å². The summed E-state index contributed by atoms with van der Waals surface area (Å²) in [7, 11) is 0. The van der Waals surface area contributed by atoms with Crippen LogP contribution in [0.1, 0.15) is 29.0 Å². The average Bonchev–Trinajstić information content (AvgIpc) is 3.27. The highest BCUT2D eigenvalue weighted by Gasteiger charge is 2.29. The molecule has 2 aromatic carbocycles. The number of nitrogens with zero attached hydrogens (tertiary/aromatic N) is 2. The first-order valence-corrected chi connectivity index (χ1v) is 9.44. The highest BCUT2D eigenvalue weighted by Crippen LogP contribution is 2.25. The van der Waals surface area contributed by atoms with Gasteiger partial charge in [-0.15, -0.1) is 0 Å². The van der Waals surface area contributed by atoms with E-state index in [4.69, 9.17) is 4.84 Å². The molecule has 1 aliphatic heterocycles. The lowest BCUT2D eigenvalue weighted by molar-refractivity contribution is -0.125. The number of carbonyl (C=O) groups excluding carboxylic acids is 1. The van der Waals surface area contributed by atoms with Crippen LogP contribution in [0.25, 0.3) is 0 Å². The normalized spacial score (nSPS) is 16.6. The molecule has 6 heteroatoms. The first-order valence-electron chi connectivity index (χ1n) is 9.44. The molecule has 1 amide bonds. The van der Waals surface area contributed by atoms with Crippen molar-refractivity contribution in [3.8, 4) is 0 Å². The van der Waals surface area contributed by atoms with Gasteiger partial charge in [-0.3, -0.25) is 9.78 Å². The van der Waals surface area contributed by atoms with Crippen LogP contribution in [-0.4, -0.2) is 34.4 Å². The molecule has 1 aromatic heterocycles. The maximum atomic E-state index is 12.5. The molecule has 4 rings (SSSR count). The maximum absolute atomic E-state index is 12.5. The number of oxime groups is 1. The van der Waals surface area contributed by atoms with Crippen LogP contribution in [0.2, 0.25) is 0 Å². The predicted octanol–water partition coefficient (Wildman–Crippen LogP) is 3.34. The van der Waals surface area contributed by atoms with Gasteiger partial charge in [0.2, 0.25) is 6.10 Å². The van der Waals surface area contributed by atoms with Crippen LogP contribution < -0.4 is 5.32 Å². The highest BCUT2D eigenvalue weighted by atomic mass is 16.6. The van der Waals surface area contributed by atoms with Gasteiger partial charge in [-0.05, 0) is 35.4 Å². The molecule has 3 aromatic rings. The van der Waals surface area contributed by atoms with Crippen molar-refractivity contribution >= 4 is 17.3 Å². The lowest BCUT2D eigenvalue weighted by atomic mass is 9.92. The third-order valence-corrected chi connectivity index (χ3v) is 4.92. The van der Waals surface area contributed by atoms with Crippen molar-refractivity contribution in [1.29, 1.82) is 0 Å². The number of aliphatic hydroxyl groups is 1. The molecule has 2 unspecified atom stereocenters. The molecule has 146 valence electrons. The highest BCUT2D eigenvalue weighted by molar-refractivity contribution is 6.05. The minimum atomic E-state index is -0.667. The van der Waals surface area contributed by atoms with Crippen molar-refractivity contribution in [1.82, 2.24) is 4.98 Å². The summed E-state index contributed by atoms with van der Waals surface area (Å²) in [6, 6.07) is 21.0. The number of pyridine rings is 1. The Morgan fingerprint density at radius 1 is 1.07 bits per heavy atom. The van der Waals surface area contributed by atoms with Crippen molar-refractivity contribution in [2.45, 2.75) is 18.4 Å². The summed E-state index contributed by atoms with van der Waals surface area (Å²) in [4.78, 5) is 21.9. The van der Waals surface area contributed by atoms with Crippen LogP contribution in [0.4, 0.5) is 5.69 Å². The number of aromatic nitrogens is 1. The molecule has 0 radical (unpaired) electrons. The molecule has 2 N–H and O–H groups in total. The zero-order valence-corrected chi connectivity index (χ0v) is 15.7. The van der Waals surface area contributed by atoms with Crippen LogP contribution in [0.3, 0.4) is 0 Å². The average molecular weight is 387 g/mol. The molecule has 0 fully saturated rings. The van der Waals surface area contributed by atoms with Gasteiger partial charge in [0, 0.05) is 36.0 Å². The fourth-order valence-corrected chi connectivity index (χ4v) is 3.33. The van der Waals surface area contributed by atoms with E-state index in [2.05, 4.69) is 15.5 Å². The Hall–Kier alpha value is -3.51. The summed E-state index contributed by atoms with van der Waals surface area (Å²) < 4.78 is 0. The first-order chi connectivity index (χ1) is 14.2. The van der Waals surface area contributed by atoms with Crippen LogP contribution in [0.5, 0.6) is 0 Å². The number of hydrogen-bond donors (Lipinski definition) is 2. The van der Waals surface area contributed by atoms with E-state index in [0.29, 0.717) is 17.8 Å². The fraction of sp³-hybridized carbons (Fsp3) is 0.174. The molecule has 0 saturated carbocycles. The third kappa shape index (κ3) is 4.33. The molecule has 0 saturated heterocycles. The van der Waals surface area contributed by atoms with Crippen LogP contribution in [0, 0.1) is 0 Å². The molecule has 0 bridgehead atoms. The Labute approximate surface area is 168 Å². The molecule has 1 aliphatic rings. The van der Waals surface area contributed by atoms with Gasteiger partial charge in [0.15, 0.2) is 0 Å². The SMILES string of the molecule is O=C(Nc1ccc(C(CO)c2ccccc2)cc1)C1CC(c2cccnc2)=NO1. The Balaban J connectivity index is 1.38. The largest absolute Gasteiger partial charge is 0.395 e. The summed E-state index contributed by atoms with van der Waals surface area (Å²) in [5.41, 5.74) is 4.26. The molecule has 29 heavy (non-hydrogen) atoms. The topological polar surface area (TPSA) is 83.8 Å². The van der Waals surface area contributed by atoms with E-state index in [0.717, 1.165) is 16.7 Å². The molecular formula is C23H21N3O3. The standard InChI is InChI=1S/C23H21N3O3/c27-15-20(16-5-2-1-3-6-16)17-8-10-19(11-9-17)25-23(28)22-13-21(26-29-22)18-7-4-12-24-14-18/h1-12,14,20,22,27H,13,15H2,(H,25,28). The Kier molecular flexibility index (Phi) is 5.63. The van der Waals surface area contributed by atoms with Crippen molar-refractivity contribution in [3.05, 3.63) is 95.8 Å². The van der Waals surface area contributed by atoms with E-state index in [-0.39, 0.29) is 18.4 Å². The van der Waals surface area contributed by atoms with Gasteiger partial charge in [-0.25, -0.2) is 0 Å². The smallest absolute Gasteiger partial charge is 0.268 e. The lowest BCUT2D eigenvalue weighted by Gasteiger charge is -2.16. The minimum absolute atomic E-state index is 0.0140. The zero-order chi connectivity index (χ0) is 20.1. The molecule has 0 aliphatic carbocycles. The Morgan fingerprint density at radius 3 is 2.52 bits per heavy atom. The number of amides is 1. The van der Waals surface area contributed by atoms with Gasteiger partial charge >= 0.3 is 0 Å². The number of benzene rings is 2. The zero-order valence-electron chi connectivity index (χ0n) is 15.7. The number of aliphatic hydroxyl groups excluding tert-OH is 1. The Morgan fingerprint density at radius 2 is 1.83 bits per heavy atom. The van der Waals surface area contributed by atoms with Crippen molar-refractivity contribution < 1.29 is 14.7 Å². The predicted molar refractivity (Wildman–Crippen MR) is 111 cm³/mol. The first kappa shape index (κ1) is 18.8. The van der Waals surface area contributed by atoms with E-state index >= 15 is 0 Å². The van der Waals surface area contributed by atoms with Gasteiger partial charge in [0.05, 0.1) is 12.3 Å². The van der Waals surface area contributed by atoms with Gasteiger partial charge in [0.1, 0.15) is 0 Å². The number of carbonyl (C=O) groups is 1. The van der Waals surface area contributed by atoms with E-state index in [1.165, 1.54) is 0 Å². The molecule has 2 atom stereocenters. The van der Waals surface area contributed by atoms with Crippen LogP contribution in [0.15, 0.2) is 84.3 Å². The van der Waals surface area contributed by atoms with Crippen LogP contribution in [-0.2, 0) is 9.63 Å². The summed E-state index contributed by atoms with van der Waals surface area (Å²) in [5.74, 6) is -0.350. The monoisotopic (exact) mass is 387 g/mol. The number of nitrogens with one attached hydrogen (secondary N) is 1. The second-order valence-electron chi connectivity index (χ2n) is 6.83. The lowest BCUT2D eigenvalue weighted by Crippen LogP contribution is -2.28. The van der Waals surface area contributed by atoms with E-state index in [1.807, 2.05) is 66.7 Å². The minimum Gasteiger partial charge on any atom is -0.395 e. The van der Waals surface area contributed by atoms with E-state index in [1.54, 1.807) is 12.4 Å². The van der Waals surface area contributed by atoms with Crippen molar-refractivity contribution in [3.63, 3.8) is 0 Å². The molecule has 0 spiro atoms. The number of anilines is 1. The van der Waals surface area contributed by atoms with Crippen molar-refractivity contribution in [2.75, 3.05) is 11.9 Å². The summed E-state index contributed by atoms with van der Waals surface area (Å²) >= 11 is 0. The van der Waals surface area contributed by atoms with Gasteiger partial charge in [0.25, 0.3) is 5.91 Å². The van der Waals surface area contributed by atoms with Gasteiger partial charge in [-0.2, -0.15) is 0 Å². The van der Waals surface area contributed by atoms with Gasteiger partial charge in [-0.1, -0.05) is 47.6 Å². The molecule has 2 heterocycles. The second-order valence-corrected chi connectivity index (χ2v) is 6.83. The number of rotatable bonds is 6. The maximum Gasteiger partial charge on any atom is 0.268 e. The fourth-order valence-electron chi connectivity index (χ4n) is 3.33. The number of hydrogen-bond acceptors (Lipinski definition) is 5. The summed E-state index contributed by atoms with van der Waals surface area (Å²) in [5, 5.41) is 16.7. The third-order valence-electron chi connectivity index (χ3n) is 4.92. The van der Waals surface area contributed by atoms with E-state index < -0.39 is 6.10 Å². The van der Waals surface area contributed by atoms with Crippen LogP contribution >= 0.6 is 0 Å². The molecular weight excluding hydrogens is 366 g/mol. The molecule has 6 nitrogen and oxygen atoms in total. The second kappa shape index (κ2) is 8.67. The quantitative estimate of drug-likeness (QED) is 0.680. The van der Waals surface area contributed by atoms with E-state index in [9.17, 15) is 9.90 Å².